The minimum Gasteiger partial charge on any atom is -0.189 e. The lowest BCUT2D eigenvalue weighted by atomic mass is 10.3. The maximum Gasteiger partial charge on any atom is 0.141 e. The summed E-state index contributed by atoms with van der Waals surface area (Å²) in [6, 6.07) is 0. The van der Waals surface area contributed by atoms with Crippen LogP contribution in [-0.2, 0) is 0 Å². The van der Waals surface area contributed by atoms with E-state index in [0.717, 1.165) is 12.3 Å². The molecule has 1 saturated heterocycles. The van der Waals surface area contributed by atoms with Crippen LogP contribution >= 0.6 is 7.56 Å². The van der Waals surface area contributed by atoms with Crippen molar-refractivity contribution in [3.05, 3.63) is 0 Å². The van der Waals surface area contributed by atoms with Crippen LogP contribution in [0.1, 0.15) is 19.3 Å². The van der Waals surface area contributed by atoms with E-state index in [0.29, 0.717) is 0 Å². The standard InChI is InChI=1S/C5H14N2P/c6-8(7)4-2-1-3-5-8/h1-7H2/q+1. The van der Waals surface area contributed by atoms with Gasteiger partial charge in [0.2, 0.25) is 0 Å². The van der Waals surface area contributed by atoms with Crippen molar-refractivity contribution < 1.29 is 0 Å². The molecule has 0 bridgehead atoms. The zero-order valence-electron chi connectivity index (χ0n) is 5.14. The molecule has 0 aromatic rings. The minimum atomic E-state index is -1.34. The number of hydrogen-bond acceptors (Lipinski definition) is 2. The third-order valence-electron chi connectivity index (χ3n) is 1.65. The Balaban J connectivity index is 2.33. The van der Waals surface area contributed by atoms with Crippen molar-refractivity contribution in [2.75, 3.05) is 12.3 Å². The van der Waals surface area contributed by atoms with Gasteiger partial charge in [0, 0.05) is 0 Å². The molecule has 2 nitrogen and oxygen atoms in total. The predicted octanol–water partition coefficient (Wildman–Crippen LogP) is 0.935. The zero-order chi connectivity index (χ0) is 6.04. The topological polar surface area (TPSA) is 52.0 Å². The highest BCUT2D eigenvalue weighted by Gasteiger charge is 2.29. The van der Waals surface area contributed by atoms with Gasteiger partial charge in [-0.25, -0.2) is 0 Å². The van der Waals surface area contributed by atoms with Gasteiger partial charge in [-0.05, 0) is 19.3 Å². The summed E-state index contributed by atoms with van der Waals surface area (Å²) in [6.07, 6.45) is 6.11. The molecule has 1 rings (SSSR count). The smallest absolute Gasteiger partial charge is 0.141 e. The first-order chi connectivity index (χ1) is 3.71. The van der Waals surface area contributed by atoms with E-state index in [2.05, 4.69) is 0 Å². The van der Waals surface area contributed by atoms with Gasteiger partial charge in [-0.1, -0.05) is 0 Å². The van der Waals surface area contributed by atoms with Gasteiger partial charge in [0.1, 0.15) is 7.56 Å². The van der Waals surface area contributed by atoms with E-state index in [-0.39, 0.29) is 0 Å². The molecular weight excluding hydrogens is 119 g/mol. The van der Waals surface area contributed by atoms with Gasteiger partial charge in [0.15, 0.2) is 0 Å². The van der Waals surface area contributed by atoms with Gasteiger partial charge in [-0.2, -0.15) is 11.0 Å². The molecule has 0 spiro atoms. The van der Waals surface area contributed by atoms with E-state index in [1.807, 2.05) is 0 Å². The van der Waals surface area contributed by atoms with Crippen molar-refractivity contribution in [1.29, 1.82) is 0 Å². The summed E-state index contributed by atoms with van der Waals surface area (Å²) in [6.45, 7) is 0. The van der Waals surface area contributed by atoms with Gasteiger partial charge in [-0.15, -0.1) is 0 Å². The molecule has 4 N–H and O–H groups in total. The predicted molar refractivity (Wildman–Crippen MR) is 38.9 cm³/mol. The zero-order valence-corrected chi connectivity index (χ0v) is 6.03. The number of hydrogen-bond donors (Lipinski definition) is 2. The van der Waals surface area contributed by atoms with E-state index in [9.17, 15) is 0 Å². The molecule has 1 fully saturated rings. The second-order valence-electron chi connectivity index (χ2n) is 2.61. The van der Waals surface area contributed by atoms with Crippen molar-refractivity contribution in [1.82, 2.24) is 0 Å². The summed E-state index contributed by atoms with van der Waals surface area (Å²) in [5.41, 5.74) is 11.5. The van der Waals surface area contributed by atoms with Crippen LogP contribution in [-0.4, -0.2) is 12.3 Å². The molecule has 0 atom stereocenters. The van der Waals surface area contributed by atoms with Gasteiger partial charge in [0.05, 0.1) is 12.3 Å². The van der Waals surface area contributed by atoms with Crippen molar-refractivity contribution >= 4 is 7.56 Å². The molecule has 1 heterocycles. The highest BCUT2D eigenvalue weighted by molar-refractivity contribution is 7.71. The Kier molecular flexibility index (Phi) is 1.86. The molecular formula is C5H14N2P+. The lowest BCUT2D eigenvalue weighted by molar-refractivity contribution is 0.743. The molecule has 0 amide bonds. The summed E-state index contributed by atoms with van der Waals surface area (Å²) < 4.78 is 0. The summed E-state index contributed by atoms with van der Waals surface area (Å²) in [7, 11) is -1.34. The fraction of sp³-hybridized carbons (Fsp3) is 1.00. The molecule has 0 saturated carbocycles. The average Bonchev–Trinajstić information content (AvgIpc) is 1.65. The molecule has 0 radical (unpaired) electrons. The van der Waals surface area contributed by atoms with Crippen molar-refractivity contribution in [3.63, 3.8) is 0 Å². The lowest BCUT2D eigenvalue weighted by Crippen LogP contribution is -2.23. The summed E-state index contributed by atoms with van der Waals surface area (Å²) in [5.74, 6) is 0. The van der Waals surface area contributed by atoms with Crippen molar-refractivity contribution in [2.45, 2.75) is 19.3 Å². The highest BCUT2D eigenvalue weighted by Crippen LogP contribution is 2.46. The van der Waals surface area contributed by atoms with Gasteiger partial charge in [-0.3, -0.25) is 0 Å². The van der Waals surface area contributed by atoms with E-state index < -0.39 is 7.56 Å². The first-order valence-electron chi connectivity index (χ1n) is 3.15. The molecule has 0 aliphatic carbocycles. The van der Waals surface area contributed by atoms with Gasteiger partial charge < -0.3 is 0 Å². The quantitative estimate of drug-likeness (QED) is 0.483. The highest BCUT2D eigenvalue weighted by atomic mass is 31.2. The lowest BCUT2D eigenvalue weighted by Gasteiger charge is -2.20. The van der Waals surface area contributed by atoms with Crippen LogP contribution in [0.25, 0.3) is 0 Å². The third-order valence-corrected chi connectivity index (χ3v) is 3.95. The first-order valence-corrected chi connectivity index (χ1v) is 5.45. The molecule has 3 heteroatoms. The second-order valence-corrected chi connectivity index (χ2v) is 5.71. The maximum absolute atomic E-state index is 5.77. The van der Waals surface area contributed by atoms with E-state index in [1.165, 1.54) is 19.3 Å². The number of rotatable bonds is 0. The molecule has 1 aliphatic rings. The maximum atomic E-state index is 5.77. The molecule has 0 unspecified atom stereocenters. The van der Waals surface area contributed by atoms with Gasteiger partial charge in [0.25, 0.3) is 0 Å². The van der Waals surface area contributed by atoms with E-state index in [1.54, 1.807) is 0 Å². The first kappa shape index (κ1) is 6.47. The molecule has 8 heavy (non-hydrogen) atoms. The largest absolute Gasteiger partial charge is 0.189 e. The Labute approximate surface area is 51.1 Å². The Morgan fingerprint density at radius 1 is 0.875 bits per heavy atom. The summed E-state index contributed by atoms with van der Waals surface area (Å²) >= 11 is 0. The van der Waals surface area contributed by atoms with Crippen LogP contribution in [0.15, 0.2) is 0 Å². The molecule has 1 aliphatic heterocycles. The van der Waals surface area contributed by atoms with Crippen LogP contribution in [0.3, 0.4) is 0 Å². The summed E-state index contributed by atoms with van der Waals surface area (Å²) in [4.78, 5) is 0. The molecule has 0 aromatic heterocycles. The van der Waals surface area contributed by atoms with Crippen LogP contribution in [0, 0.1) is 0 Å². The van der Waals surface area contributed by atoms with Crippen LogP contribution in [0.4, 0.5) is 0 Å². The third kappa shape index (κ3) is 1.70. The van der Waals surface area contributed by atoms with Crippen LogP contribution in [0.2, 0.25) is 0 Å². The SMILES string of the molecule is N[P+]1(N)CCCCC1. The van der Waals surface area contributed by atoms with Crippen LogP contribution < -0.4 is 11.0 Å². The van der Waals surface area contributed by atoms with E-state index in [4.69, 9.17) is 11.0 Å². The Morgan fingerprint density at radius 3 is 1.62 bits per heavy atom. The second kappa shape index (κ2) is 2.30. The molecule has 48 valence electrons. The molecule has 0 aromatic carbocycles. The van der Waals surface area contributed by atoms with Crippen molar-refractivity contribution in [3.8, 4) is 0 Å². The Hall–Kier alpha value is 0.350. The van der Waals surface area contributed by atoms with Gasteiger partial charge >= 0.3 is 0 Å². The van der Waals surface area contributed by atoms with Crippen LogP contribution in [0.5, 0.6) is 0 Å². The average molecular weight is 133 g/mol. The Morgan fingerprint density at radius 2 is 1.38 bits per heavy atom. The minimum absolute atomic E-state index is 1.12. The Bertz CT molecular complexity index is 74.5. The monoisotopic (exact) mass is 133 g/mol. The fourth-order valence-corrected chi connectivity index (χ4v) is 2.95. The summed E-state index contributed by atoms with van der Waals surface area (Å²) in [5, 5.41) is 0. The number of nitrogens with two attached hydrogens (primary N) is 2. The fourth-order valence-electron chi connectivity index (χ4n) is 1.10. The normalized spacial score (nSPS) is 27.8. The van der Waals surface area contributed by atoms with Crippen molar-refractivity contribution in [2.24, 2.45) is 11.0 Å². The van der Waals surface area contributed by atoms with E-state index >= 15 is 0 Å².